The Morgan fingerprint density at radius 2 is 2.00 bits per heavy atom. The van der Waals surface area contributed by atoms with E-state index in [1.807, 2.05) is 12.1 Å². The van der Waals surface area contributed by atoms with Crippen LogP contribution in [0.2, 0.25) is 0 Å². The van der Waals surface area contributed by atoms with Crippen molar-refractivity contribution >= 4 is 0 Å². The third-order valence-electron chi connectivity index (χ3n) is 2.49. The largest absolute Gasteiger partial charge is 0.325 e. The molecule has 4 heteroatoms. The van der Waals surface area contributed by atoms with Crippen molar-refractivity contribution in [1.29, 1.82) is 0 Å². The van der Waals surface area contributed by atoms with Crippen molar-refractivity contribution in [1.82, 2.24) is 15.8 Å². The van der Waals surface area contributed by atoms with Crippen LogP contribution in [0, 0.1) is 0 Å². The lowest BCUT2D eigenvalue weighted by atomic mass is 9.99. The zero-order valence-corrected chi connectivity index (χ0v) is 7.57. The minimum absolute atomic E-state index is 0.113. The number of hydrazine groups is 1. The van der Waals surface area contributed by atoms with Crippen LogP contribution in [-0.4, -0.2) is 17.1 Å². The lowest BCUT2D eigenvalue weighted by Gasteiger charge is -2.15. The maximum absolute atomic E-state index is 6.01. The molecule has 0 saturated carbocycles. The van der Waals surface area contributed by atoms with Crippen molar-refractivity contribution in [3.05, 3.63) is 30.1 Å². The SMILES string of the molecule is CC1NNC(c2ccncc2)C1N. The Labute approximate surface area is 77.5 Å². The van der Waals surface area contributed by atoms with E-state index < -0.39 is 0 Å². The molecule has 1 saturated heterocycles. The van der Waals surface area contributed by atoms with Crippen molar-refractivity contribution in [3.63, 3.8) is 0 Å². The van der Waals surface area contributed by atoms with Gasteiger partial charge in [-0.2, -0.15) is 0 Å². The molecule has 0 radical (unpaired) electrons. The average molecular weight is 178 g/mol. The van der Waals surface area contributed by atoms with Gasteiger partial charge in [-0.25, -0.2) is 5.43 Å². The summed E-state index contributed by atoms with van der Waals surface area (Å²) in [5, 5.41) is 0. The van der Waals surface area contributed by atoms with Crippen molar-refractivity contribution in [2.45, 2.75) is 25.0 Å². The smallest absolute Gasteiger partial charge is 0.0630 e. The van der Waals surface area contributed by atoms with Crippen LogP contribution in [0.5, 0.6) is 0 Å². The molecule has 0 aromatic carbocycles. The molecule has 70 valence electrons. The summed E-state index contributed by atoms with van der Waals surface area (Å²) in [6.45, 7) is 2.07. The second kappa shape index (κ2) is 3.41. The van der Waals surface area contributed by atoms with E-state index in [0.717, 1.165) is 0 Å². The summed E-state index contributed by atoms with van der Waals surface area (Å²) in [5.74, 6) is 0. The Morgan fingerprint density at radius 3 is 2.54 bits per heavy atom. The summed E-state index contributed by atoms with van der Waals surface area (Å²) in [4.78, 5) is 3.97. The quantitative estimate of drug-likeness (QED) is 0.564. The van der Waals surface area contributed by atoms with Gasteiger partial charge in [0.1, 0.15) is 0 Å². The molecule has 1 aromatic rings. The van der Waals surface area contributed by atoms with Gasteiger partial charge in [0, 0.05) is 24.5 Å². The maximum Gasteiger partial charge on any atom is 0.0630 e. The van der Waals surface area contributed by atoms with Crippen molar-refractivity contribution in [2.75, 3.05) is 0 Å². The van der Waals surface area contributed by atoms with Crippen LogP contribution in [-0.2, 0) is 0 Å². The van der Waals surface area contributed by atoms with E-state index in [1.165, 1.54) is 5.56 Å². The van der Waals surface area contributed by atoms with Crippen molar-refractivity contribution in [3.8, 4) is 0 Å². The molecule has 4 N–H and O–H groups in total. The van der Waals surface area contributed by atoms with E-state index >= 15 is 0 Å². The minimum atomic E-state index is 0.113. The Hall–Kier alpha value is -0.970. The number of pyridine rings is 1. The van der Waals surface area contributed by atoms with Crippen LogP contribution < -0.4 is 16.6 Å². The molecule has 4 nitrogen and oxygen atoms in total. The minimum Gasteiger partial charge on any atom is -0.325 e. The van der Waals surface area contributed by atoms with Gasteiger partial charge < -0.3 is 5.73 Å². The van der Waals surface area contributed by atoms with Gasteiger partial charge in [0.25, 0.3) is 0 Å². The maximum atomic E-state index is 6.01. The van der Waals surface area contributed by atoms with Gasteiger partial charge in [-0.05, 0) is 24.6 Å². The number of rotatable bonds is 1. The lowest BCUT2D eigenvalue weighted by molar-refractivity contribution is 0.549. The summed E-state index contributed by atoms with van der Waals surface area (Å²) in [5.41, 5.74) is 13.5. The highest BCUT2D eigenvalue weighted by Crippen LogP contribution is 2.19. The van der Waals surface area contributed by atoms with E-state index in [0.29, 0.717) is 6.04 Å². The van der Waals surface area contributed by atoms with Crippen LogP contribution in [0.15, 0.2) is 24.5 Å². The first-order valence-corrected chi connectivity index (χ1v) is 4.45. The fraction of sp³-hybridized carbons (Fsp3) is 0.444. The number of nitrogens with one attached hydrogen (secondary N) is 2. The zero-order chi connectivity index (χ0) is 9.26. The van der Waals surface area contributed by atoms with Gasteiger partial charge in [0.15, 0.2) is 0 Å². The van der Waals surface area contributed by atoms with E-state index in [9.17, 15) is 0 Å². The summed E-state index contributed by atoms with van der Waals surface area (Å²) in [7, 11) is 0. The Balaban J connectivity index is 2.19. The fourth-order valence-electron chi connectivity index (χ4n) is 1.58. The summed E-state index contributed by atoms with van der Waals surface area (Å²) >= 11 is 0. The fourth-order valence-corrected chi connectivity index (χ4v) is 1.58. The standard InChI is InChI=1S/C9H14N4/c1-6-8(10)9(13-12-6)7-2-4-11-5-3-7/h2-6,8-9,12-13H,10H2,1H3. The first kappa shape index (κ1) is 8.62. The Kier molecular flexibility index (Phi) is 2.26. The summed E-state index contributed by atoms with van der Waals surface area (Å²) in [6, 6.07) is 4.58. The van der Waals surface area contributed by atoms with Crippen LogP contribution in [0.1, 0.15) is 18.5 Å². The zero-order valence-electron chi connectivity index (χ0n) is 7.57. The normalized spacial score (nSPS) is 33.5. The third-order valence-corrected chi connectivity index (χ3v) is 2.49. The molecular weight excluding hydrogens is 164 g/mol. The molecule has 0 amide bonds. The number of nitrogens with zero attached hydrogens (tertiary/aromatic N) is 1. The average Bonchev–Trinajstić information content (AvgIpc) is 2.49. The van der Waals surface area contributed by atoms with Crippen LogP contribution >= 0.6 is 0 Å². The highest BCUT2D eigenvalue weighted by Gasteiger charge is 2.30. The Bertz CT molecular complexity index is 274. The summed E-state index contributed by atoms with van der Waals surface area (Å²) in [6.07, 6.45) is 3.57. The molecule has 2 heterocycles. The van der Waals surface area contributed by atoms with Crippen LogP contribution in [0.3, 0.4) is 0 Å². The predicted molar refractivity (Wildman–Crippen MR) is 50.7 cm³/mol. The van der Waals surface area contributed by atoms with Gasteiger partial charge in [-0.3, -0.25) is 10.4 Å². The van der Waals surface area contributed by atoms with Crippen LogP contribution in [0.25, 0.3) is 0 Å². The number of nitrogens with two attached hydrogens (primary N) is 1. The first-order chi connectivity index (χ1) is 6.29. The summed E-state index contributed by atoms with van der Waals surface area (Å²) < 4.78 is 0. The molecule has 3 unspecified atom stereocenters. The molecule has 0 aliphatic carbocycles. The first-order valence-electron chi connectivity index (χ1n) is 4.45. The monoisotopic (exact) mass is 178 g/mol. The highest BCUT2D eigenvalue weighted by atomic mass is 15.4. The third kappa shape index (κ3) is 1.56. The van der Waals surface area contributed by atoms with Crippen molar-refractivity contribution < 1.29 is 0 Å². The molecule has 2 rings (SSSR count). The molecule has 0 bridgehead atoms. The van der Waals surface area contributed by atoms with Crippen LogP contribution in [0.4, 0.5) is 0 Å². The highest BCUT2D eigenvalue weighted by molar-refractivity contribution is 5.19. The van der Waals surface area contributed by atoms with Gasteiger partial charge in [-0.1, -0.05) is 0 Å². The van der Waals surface area contributed by atoms with Gasteiger partial charge in [0.2, 0.25) is 0 Å². The van der Waals surface area contributed by atoms with Gasteiger partial charge >= 0.3 is 0 Å². The Morgan fingerprint density at radius 1 is 1.31 bits per heavy atom. The molecule has 1 aromatic heterocycles. The molecule has 1 aliphatic rings. The van der Waals surface area contributed by atoms with E-state index in [2.05, 4.69) is 22.8 Å². The molecule has 0 spiro atoms. The molecule has 13 heavy (non-hydrogen) atoms. The topological polar surface area (TPSA) is 63.0 Å². The lowest BCUT2D eigenvalue weighted by Crippen LogP contribution is -2.35. The molecular formula is C9H14N4. The second-order valence-electron chi connectivity index (χ2n) is 3.41. The number of hydrogen-bond acceptors (Lipinski definition) is 4. The van der Waals surface area contributed by atoms with Crippen molar-refractivity contribution in [2.24, 2.45) is 5.73 Å². The van der Waals surface area contributed by atoms with E-state index in [4.69, 9.17) is 5.73 Å². The molecule has 1 fully saturated rings. The number of aromatic nitrogens is 1. The van der Waals surface area contributed by atoms with E-state index in [-0.39, 0.29) is 12.1 Å². The second-order valence-corrected chi connectivity index (χ2v) is 3.41. The van der Waals surface area contributed by atoms with E-state index in [1.54, 1.807) is 12.4 Å². The van der Waals surface area contributed by atoms with Gasteiger partial charge in [-0.15, -0.1) is 0 Å². The predicted octanol–water partition coefficient (Wildman–Crippen LogP) is -0.0537. The number of hydrogen-bond donors (Lipinski definition) is 3. The molecule has 3 atom stereocenters. The van der Waals surface area contributed by atoms with Gasteiger partial charge in [0.05, 0.1) is 6.04 Å². The molecule has 1 aliphatic heterocycles.